The Morgan fingerprint density at radius 2 is 1.86 bits per heavy atom. The molecule has 7 heteroatoms. The highest BCUT2D eigenvalue weighted by atomic mass is 35.5. The minimum atomic E-state index is -1.45. The molecule has 1 aromatic rings. The molecular formula is C15H18Cl2N4O. The van der Waals surface area contributed by atoms with Crippen LogP contribution in [0.2, 0.25) is 0 Å². The van der Waals surface area contributed by atoms with Crippen LogP contribution in [0.4, 0.5) is 0 Å². The van der Waals surface area contributed by atoms with Gasteiger partial charge in [-0.05, 0) is 0 Å². The van der Waals surface area contributed by atoms with Crippen molar-refractivity contribution in [2.24, 2.45) is 21.1 Å². The van der Waals surface area contributed by atoms with Gasteiger partial charge < -0.3 is 11.1 Å². The van der Waals surface area contributed by atoms with E-state index >= 15 is 0 Å². The zero-order valence-corrected chi connectivity index (χ0v) is 14.1. The van der Waals surface area contributed by atoms with Crippen molar-refractivity contribution >= 4 is 40.8 Å². The van der Waals surface area contributed by atoms with Crippen LogP contribution in [-0.2, 0) is 4.79 Å². The maximum Gasteiger partial charge on any atom is 0.227 e. The third-order valence-electron chi connectivity index (χ3n) is 3.23. The molecule has 1 aliphatic rings. The number of carbonyl (C=O) groups is 1. The SMILES string of the molecule is CC(C)(C)C(=O)NC1(C(Cl)Cl)N=C(c2ccccc2)N=C1N. The average molecular weight is 341 g/mol. The Morgan fingerprint density at radius 1 is 1.27 bits per heavy atom. The number of alkyl halides is 2. The molecule has 0 fully saturated rings. The van der Waals surface area contributed by atoms with E-state index in [0.717, 1.165) is 5.56 Å². The number of hydrogen-bond donors (Lipinski definition) is 2. The zero-order valence-electron chi connectivity index (χ0n) is 12.6. The Balaban J connectivity index is 2.42. The summed E-state index contributed by atoms with van der Waals surface area (Å²) < 4.78 is 0. The monoisotopic (exact) mass is 340 g/mol. The van der Waals surface area contributed by atoms with Gasteiger partial charge in [0.25, 0.3) is 0 Å². The molecule has 0 radical (unpaired) electrons. The van der Waals surface area contributed by atoms with Gasteiger partial charge in [-0.1, -0.05) is 74.3 Å². The number of carbonyl (C=O) groups excluding carboxylic acids is 1. The molecular weight excluding hydrogens is 323 g/mol. The summed E-state index contributed by atoms with van der Waals surface area (Å²) in [4.78, 5) is 19.9. The van der Waals surface area contributed by atoms with Gasteiger partial charge in [0.15, 0.2) is 16.5 Å². The summed E-state index contributed by atoms with van der Waals surface area (Å²) in [6.07, 6.45) is 0. The summed E-state index contributed by atoms with van der Waals surface area (Å²) in [6.45, 7) is 5.33. The predicted molar refractivity (Wildman–Crippen MR) is 90.4 cm³/mol. The molecule has 2 rings (SSSR count). The molecule has 1 unspecified atom stereocenters. The summed E-state index contributed by atoms with van der Waals surface area (Å²) in [5.74, 6) is 0.188. The summed E-state index contributed by atoms with van der Waals surface area (Å²) in [6, 6.07) is 9.28. The lowest BCUT2D eigenvalue weighted by atomic mass is 9.94. The standard InChI is InChI=1S/C15H18Cl2N4O/c1-14(2,3)13(22)21-15(11(16)17)12(18)19-10(20-15)9-7-5-4-6-8-9/h4-8,11H,1-3H3,(H,21,22)(H2,18,19,20). The largest absolute Gasteiger partial charge is 0.383 e. The van der Waals surface area contributed by atoms with Gasteiger partial charge in [0.2, 0.25) is 11.6 Å². The number of halogens is 2. The van der Waals surface area contributed by atoms with Crippen molar-refractivity contribution in [3.8, 4) is 0 Å². The van der Waals surface area contributed by atoms with E-state index in [1.165, 1.54) is 0 Å². The average Bonchev–Trinajstić information content (AvgIpc) is 2.77. The Bertz CT molecular complexity index is 635. The molecule has 118 valence electrons. The van der Waals surface area contributed by atoms with Crippen LogP contribution in [0.25, 0.3) is 0 Å². The number of benzene rings is 1. The van der Waals surface area contributed by atoms with Crippen molar-refractivity contribution in [2.45, 2.75) is 31.3 Å². The van der Waals surface area contributed by atoms with Gasteiger partial charge in [-0.25, -0.2) is 9.98 Å². The molecule has 0 bridgehead atoms. The van der Waals surface area contributed by atoms with Crippen molar-refractivity contribution in [2.75, 3.05) is 0 Å². The van der Waals surface area contributed by atoms with Crippen LogP contribution in [0.15, 0.2) is 40.3 Å². The third-order valence-corrected chi connectivity index (χ3v) is 3.86. The number of hydrogen-bond acceptors (Lipinski definition) is 4. The molecule has 0 spiro atoms. The first-order valence-electron chi connectivity index (χ1n) is 6.77. The quantitative estimate of drug-likeness (QED) is 0.829. The second kappa shape index (κ2) is 5.89. The molecule has 1 atom stereocenters. The van der Waals surface area contributed by atoms with E-state index in [4.69, 9.17) is 28.9 Å². The maximum atomic E-state index is 12.3. The summed E-state index contributed by atoms with van der Waals surface area (Å²) in [7, 11) is 0. The van der Waals surface area contributed by atoms with Gasteiger partial charge in [0.1, 0.15) is 0 Å². The molecule has 22 heavy (non-hydrogen) atoms. The normalized spacial score (nSPS) is 21.5. The number of nitrogens with two attached hydrogens (primary N) is 1. The van der Waals surface area contributed by atoms with E-state index in [-0.39, 0.29) is 11.7 Å². The molecule has 0 saturated carbocycles. The van der Waals surface area contributed by atoms with Gasteiger partial charge in [-0.3, -0.25) is 4.79 Å². The minimum absolute atomic E-state index is 0.0685. The molecule has 0 aliphatic carbocycles. The van der Waals surface area contributed by atoms with Gasteiger partial charge >= 0.3 is 0 Å². The summed E-state index contributed by atoms with van der Waals surface area (Å²) in [5, 5.41) is 2.74. The van der Waals surface area contributed by atoms with Crippen molar-refractivity contribution in [1.82, 2.24) is 5.32 Å². The second-order valence-corrected chi connectivity index (χ2v) is 7.17. The number of amides is 1. The van der Waals surface area contributed by atoms with E-state index in [1.807, 2.05) is 30.3 Å². The number of amidine groups is 2. The molecule has 5 nitrogen and oxygen atoms in total. The van der Waals surface area contributed by atoms with Crippen molar-refractivity contribution in [3.63, 3.8) is 0 Å². The van der Waals surface area contributed by atoms with Crippen molar-refractivity contribution < 1.29 is 4.79 Å². The van der Waals surface area contributed by atoms with E-state index in [0.29, 0.717) is 5.84 Å². The Hall–Kier alpha value is -1.59. The van der Waals surface area contributed by atoms with Crippen molar-refractivity contribution in [1.29, 1.82) is 0 Å². The van der Waals surface area contributed by atoms with E-state index in [2.05, 4.69) is 15.3 Å². The van der Waals surface area contributed by atoms with Crippen LogP contribution in [0, 0.1) is 5.41 Å². The molecule has 1 heterocycles. The highest BCUT2D eigenvalue weighted by Gasteiger charge is 2.47. The molecule has 1 aliphatic heterocycles. The first kappa shape index (κ1) is 16.8. The maximum absolute atomic E-state index is 12.3. The fraction of sp³-hybridized carbons (Fsp3) is 0.400. The lowest BCUT2D eigenvalue weighted by molar-refractivity contribution is -0.129. The van der Waals surface area contributed by atoms with E-state index < -0.39 is 15.9 Å². The van der Waals surface area contributed by atoms with Crippen LogP contribution < -0.4 is 11.1 Å². The smallest absolute Gasteiger partial charge is 0.227 e. The molecule has 0 aromatic heterocycles. The highest BCUT2D eigenvalue weighted by molar-refractivity contribution is 6.47. The van der Waals surface area contributed by atoms with Crippen LogP contribution in [0.1, 0.15) is 26.3 Å². The predicted octanol–water partition coefficient (Wildman–Crippen LogP) is 2.47. The number of nitrogens with one attached hydrogen (secondary N) is 1. The van der Waals surface area contributed by atoms with Gasteiger partial charge in [-0.2, -0.15) is 0 Å². The highest BCUT2D eigenvalue weighted by Crippen LogP contribution is 2.29. The second-order valence-electron chi connectivity index (χ2n) is 6.07. The Morgan fingerprint density at radius 3 is 2.36 bits per heavy atom. The van der Waals surface area contributed by atoms with Crippen LogP contribution in [0.3, 0.4) is 0 Å². The third kappa shape index (κ3) is 3.10. The first-order chi connectivity index (χ1) is 10.2. The number of aliphatic imine (C=N–C) groups is 2. The lowest BCUT2D eigenvalue weighted by Crippen LogP contribution is -2.61. The molecule has 0 saturated heterocycles. The number of rotatable bonds is 3. The number of nitrogens with zero attached hydrogens (tertiary/aromatic N) is 2. The van der Waals surface area contributed by atoms with Gasteiger partial charge in [0, 0.05) is 11.0 Å². The fourth-order valence-corrected chi connectivity index (χ4v) is 2.26. The topological polar surface area (TPSA) is 79.8 Å². The van der Waals surface area contributed by atoms with Gasteiger partial charge in [-0.15, -0.1) is 0 Å². The van der Waals surface area contributed by atoms with E-state index in [9.17, 15) is 4.79 Å². The Labute approximate surface area is 139 Å². The lowest BCUT2D eigenvalue weighted by Gasteiger charge is -2.31. The zero-order chi connectivity index (χ0) is 16.5. The molecule has 1 amide bonds. The van der Waals surface area contributed by atoms with Crippen LogP contribution in [-0.4, -0.2) is 28.1 Å². The van der Waals surface area contributed by atoms with Crippen LogP contribution >= 0.6 is 23.2 Å². The van der Waals surface area contributed by atoms with E-state index in [1.54, 1.807) is 20.8 Å². The Kier molecular flexibility index (Phi) is 4.49. The first-order valence-corrected chi connectivity index (χ1v) is 7.65. The molecule has 3 N–H and O–H groups in total. The summed E-state index contributed by atoms with van der Waals surface area (Å²) >= 11 is 12.1. The van der Waals surface area contributed by atoms with Crippen LogP contribution in [0.5, 0.6) is 0 Å². The van der Waals surface area contributed by atoms with Crippen molar-refractivity contribution in [3.05, 3.63) is 35.9 Å². The fourth-order valence-electron chi connectivity index (χ4n) is 1.83. The molecule has 1 aromatic carbocycles. The minimum Gasteiger partial charge on any atom is -0.383 e. The summed E-state index contributed by atoms with van der Waals surface area (Å²) in [5.41, 5.74) is 4.67. The van der Waals surface area contributed by atoms with Gasteiger partial charge in [0.05, 0.1) is 0 Å².